The number of ether oxygens (including phenoxy) is 2. The molecular formula is C17H27IN4O3. The third-order valence-electron chi connectivity index (χ3n) is 3.55. The first-order chi connectivity index (χ1) is 11.8. The Morgan fingerprint density at radius 1 is 1.32 bits per heavy atom. The number of anilines is 1. The van der Waals surface area contributed by atoms with Crippen LogP contribution in [0.5, 0.6) is 0 Å². The molecule has 1 fully saturated rings. The van der Waals surface area contributed by atoms with Gasteiger partial charge in [0.25, 0.3) is 0 Å². The summed E-state index contributed by atoms with van der Waals surface area (Å²) in [6.45, 7) is 3.07. The van der Waals surface area contributed by atoms with E-state index < -0.39 is 0 Å². The van der Waals surface area contributed by atoms with Gasteiger partial charge >= 0.3 is 0 Å². The fraction of sp³-hybridized carbons (Fsp3) is 0.529. The van der Waals surface area contributed by atoms with Crippen LogP contribution in [0, 0.1) is 0 Å². The quantitative estimate of drug-likeness (QED) is 0.237. The van der Waals surface area contributed by atoms with E-state index in [4.69, 9.17) is 9.47 Å². The van der Waals surface area contributed by atoms with Crippen LogP contribution < -0.4 is 16.0 Å². The third-order valence-corrected chi connectivity index (χ3v) is 3.55. The van der Waals surface area contributed by atoms with Crippen LogP contribution in [0.3, 0.4) is 0 Å². The first kappa shape index (κ1) is 21.7. The highest BCUT2D eigenvalue weighted by molar-refractivity contribution is 14.0. The average molecular weight is 462 g/mol. The summed E-state index contributed by atoms with van der Waals surface area (Å²) in [5.74, 6) is 0.483. The monoisotopic (exact) mass is 462 g/mol. The van der Waals surface area contributed by atoms with Gasteiger partial charge in [0, 0.05) is 32.5 Å². The molecule has 1 aromatic rings. The van der Waals surface area contributed by atoms with Crippen molar-refractivity contribution >= 4 is 41.5 Å². The number of rotatable bonds is 8. The van der Waals surface area contributed by atoms with Gasteiger partial charge in [-0.25, -0.2) is 0 Å². The highest BCUT2D eigenvalue weighted by Crippen LogP contribution is 2.07. The molecule has 1 aliphatic rings. The summed E-state index contributed by atoms with van der Waals surface area (Å²) in [4.78, 5) is 16.0. The molecule has 1 aromatic carbocycles. The molecule has 3 N–H and O–H groups in total. The molecule has 0 saturated carbocycles. The number of nitrogens with one attached hydrogen (secondary N) is 3. The lowest BCUT2D eigenvalue weighted by atomic mass is 10.3. The van der Waals surface area contributed by atoms with Crippen LogP contribution in [-0.4, -0.2) is 57.9 Å². The van der Waals surface area contributed by atoms with Crippen LogP contribution >= 0.6 is 24.0 Å². The Morgan fingerprint density at radius 3 is 2.80 bits per heavy atom. The number of halogens is 1. The number of para-hydroxylation sites is 1. The molecule has 1 unspecified atom stereocenters. The summed E-state index contributed by atoms with van der Waals surface area (Å²) in [6.07, 6.45) is 2.09. The first-order valence-corrected chi connectivity index (χ1v) is 8.26. The lowest BCUT2D eigenvalue weighted by molar-refractivity contribution is -0.115. The van der Waals surface area contributed by atoms with E-state index in [0.29, 0.717) is 19.2 Å². The molecule has 0 bridgehead atoms. The zero-order chi connectivity index (χ0) is 17.0. The van der Waals surface area contributed by atoms with Crippen molar-refractivity contribution in [3.8, 4) is 0 Å². The second-order valence-electron chi connectivity index (χ2n) is 5.48. The molecule has 0 aromatic heterocycles. The van der Waals surface area contributed by atoms with Crippen LogP contribution in [0.4, 0.5) is 5.69 Å². The number of aliphatic imine (C=N–C) groups is 1. The first-order valence-electron chi connectivity index (χ1n) is 8.26. The number of nitrogens with zero attached hydrogens (tertiary/aromatic N) is 1. The van der Waals surface area contributed by atoms with Gasteiger partial charge < -0.3 is 25.4 Å². The molecule has 0 aliphatic carbocycles. The summed E-state index contributed by atoms with van der Waals surface area (Å²) in [7, 11) is 1.68. The average Bonchev–Trinajstić information content (AvgIpc) is 3.11. The standard InChI is InChI=1S/C17H26N4O3.HI/c1-18-17(19-9-5-10-24-15-8-11-23-13-15)20-12-16(22)21-14-6-3-2-4-7-14;/h2-4,6-7,15H,5,8-13H2,1H3,(H,21,22)(H2,18,19,20);1H. The Morgan fingerprint density at radius 2 is 2.12 bits per heavy atom. The maximum atomic E-state index is 11.9. The van der Waals surface area contributed by atoms with E-state index >= 15 is 0 Å². The second-order valence-corrected chi connectivity index (χ2v) is 5.48. The minimum atomic E-state index is -0.117. The third kappa shape index (κ3) is 9.03. The van der Waals surface area contributed by atoms with E-state index in [9.17, 15) is 4.79 Å². The van der Waals surface area contributed by atoms with Gasteiger partial charge in [0.2, 0.25) is 5.91 Å². The summed E-state index contributed by atoms with van der Waals surface area (Å²) in [5.41, 5.74) is 0.778. The SMILES string of the molecule is CN=C(NCCCOC1CCOC1)NCC(=O)Nc1ccccc1.I. The summed E-state index contributed by atoms with van der Waals surface area (Å²) < 4.78 is 11.0. The molecule has 0 radical (unpaired) electrons. The van der Waals surface area contributed by atoms with Gasteiger partial charge in [0.05, 0.1) is 19.3 Å². The number of amides is 1. The molecule has 7 nitrogen and oxygen atoms in total. The van der Waals surface area contributed by atoms with Crippen molar-refractivity contribution in [1.29, 1.82) is 0 Å². The molecule has 1 saturated heterocycles. The lowest BCUT2D eigenvalue weighted by Crippen LogP contribution is -2.41. The van der Waals surface area contributed by atoms with Crippen molar-refractivity contribution in [3.63, 3.8) is 0 Å². The van der Waals surface area contributed by atoms with Gasteiger partial charge in [-0.1, -0.05) is 18.2 Å². The molecule has 1 atom stereocenters. The van der Waals surface area contributed by atoms with Gasteiger partial charge in [-0.3, -0.25) is 9.79 Å². The van der Waals surface area contributed by atoms with Crippen LogP contribution in [0.15, 0.2) is 35.3 Å². The topological polar surface area (TPSA) is 84.0 Å². The minimum absolute atomic E-state index is 0. The molecule has 25 heavy (non-hydrogen) atoms. The van der Waals surface area contributed by atoms with Crippen molar-refractivity contribution in [3.05, 3.63) is 30.3 Å². The zero-order valence-electron chi connectivity index (χ0n) is 14.5. The van der Waals surface area contributed by atoms with Crippen molar-refractivity contribution in [2.45, 2.75) is 18.9 Å². The minimum Gasteiger partial charge on any atom is -0.379 e. The van der Waals surface area contributed by atoms with E-state index in [1.165, 1.54) is 0 Å². The van der Waals surface area contributed by atoms with Crippen LogP contribution in [0.2, 0.25) is 0 Å². The number of carbonyl (C=O) groups is 1. The normalized spacial score (nSPS) is 16.8. The number of hydrogen-bond acceptors (Lipinski definition) is 4. The van der Waals surface area contributed by atoms with Crippen molar-refractivity contribution in [1.82, 2.24) is 10.6 Å². The number of guanidine groups is 1. The molecule has 1 heterocycles. The lowest BCUT2D eigenvalue weighted by Gasteiger charge is -2.13. The molecule has 8 heteroatoms. The highest BCUT2D eigenvalue weighted by atomic mass is 127. The summed E-state index contributed by atoms with van der Waals surface area (Å²) in [5, 5.41) is 8.96. The summed E-state index contributed by atoms with van der Waals surface area (Å²) in [6, 6.07) is 9.36. The molecular weight excluding hydrogens is 435 g/mol. The van der Waals surface area contributed by atoms with Crippen LogP contribution in [0.25, 0.3) is 0 Å². The van der Waals surface area contributed by atoms with E-state index in [-0.39, 0.29) is 42.5 Å². The van der Waals surface area contributed by atoms with Crippen LogP contribution in [-0.2, 0) is 14.3 Å². The summed E-state index contributed by atoms with van der Waals surface area (Å²) >= 11 is 0. The molecule has 2 rings (SSSR count). The number of hydrogen-bond donors (Lipinski definition) is 3. The number of benzene rings is 1. The van der Waals surface area contributed by atoms with E-state index in [2.05, 4.69) is 20.9 Å². The molecule has 0 spiro atoms. The second kappa shape index (κ2) is 12.9. The molecule has 1 aliphatic heterocycles. The zero-order valence-corrected chi connectivity index (χ0v) is 16.8. The van der Waals surface area contributed by atoms with Crippen molar-refractivity contribution in [2.24, 2.45) is 4.99 Å². The van der Waals surface area contributed by atoms with Crippen molar-refractivity contribution < 1.29 is 14.3 Å². The Labute approximate surface area is 166 Å². The number of carbonyl (C=O) groups excluding carboxylic acids is 1. The fourth-order valence-corrected chi connectivity index (χ4v) is 2.28. The Kier molecular flexibility index (Phi) is 11.2. The maximum absolute atomic E-state index is 11.9. The predicted molar refractivity (Wildman–Crippen MR) is 110 cm³/mol. The maximum Gasteiger partial charge on any atom is 0.243 e. The smallest absolute Gasteiger partial charge is 0.243 e. The predicted octanol–water partition coefficient (Wildman–Crippen LogP) is 1.60. The molecule has 1 amide bonds. The largest absolute Gasteiger partial charge is 0.379 e. The van der Waals surface area contributed by atoms with Gasteiger partial charge in [0.15, 0.2) is 5.96 Å². The Hall–Kier alpha value is -1.39. The Balaban J connectivity index is 0.00000312. The van der Waals surface area contributed by atoms with Gasteiger partial charge in [0.1, 0.15) is 0 Å². The molecule has 140 valence electrons. The van der Waals surface area contributed by atoms with Gasteiger partial charge in [-0.05, 0) is 25.0 Å². The van der Waals surface area contributed by atoms with Crippen LogP contribution in [0.1, 0.15) is 12.8 Å². The highest BCUT2D eigenvalue weighted by Gasteiger charge is 2.15. The fourth-order valence-electron chi connectivity index (χ4n) is 2.28. The van der Waals surface area contributed by atoms with Gasteiger partial charge in [-0.15, -0.1) is 24.0 Å². The van der Waals surface area contributed by atoms with E-state index in [1.54, 1.807) is 7.05 Å². The van der Waals surface area contributed by atoms with Crippen molar-refractivity contribution in [2.75, 3.05) is 45.3 Å². The van der Waals surface area contributed by atoms with Gasteiger partial charge in [-0.2, -0.15) is 0 Å². The van der Waals surface area contributed by atoms with E-state index in [0.717, 1.165) is 31.7 Å². The van der Waals surface area contributed by atoms with E-state index in [1.807, 2.05) is 30.3 Å². The Bertz CT molecular complexity index is 522.